The predicted octanol–water partition coefficient (Wildman–Crippen LogP) is 7.06. The Balaban J connectivity index is 1.37. The number of halogens is 3. The smallest absolute Gasteiger partial charge is 0.0465 e. The van der Waals surface area contributed by atoms with Crippen LogP contribution in [0.4, 0.5) is 0 Å². The maximum Gasteiger partial charge on any atom is 0.0465 e. The predicted molar refractivity (Wildman–Crippen MR) is 120 cm³/mol. The van der Waals surface area contributed by atoms with Crippen LogP contribution in [0.3, 0.4) is 0 Å². The summed E-state index contributed by atoms with van der Waals surface area (Å²) in [5.74, 6) is 0. The minimum absolute atomic E-state index is 0.637. The summed E-state index contributed by atoms with van der Waals surface area (Å²) in [4.78, 5) is 8.00. The van der Waals surface area contributed by atoms with E-state index in [-0.39, 0.29) is 0 Å². The van der Waals surface area contributed by atoms with Crippen LogP contribution in [0.1, 0.15) is 18.4 Å². The molecule has 1 fully saturated rings. The van der Waals surface area contributed by atoms with E-state index in [2.05, 4.69) is 44.0 Å². The largest absolute Gasteiger partial charge is 0.299 e. The van der Waals surface area contributed by atoms with Gasteiger partial charge in [0.15, 0.2) is 0 Å². The monoisotopic (exact) mass is 480 g/mol. The summed E-state index contributed by atoms with van der Waals surface area (Å²) < 4.78 is 1.16. The fraction of sp³-hybridized carbons (Fsp3) is 0.286. The van der Waals surface area contributed by atoms with Gasteiger partial charge < -0.3 is 0 Å². The number of thioether (sulfide) groups is 1. The number of hydrogen-bond donors (Lipinski definition) is 0. The van der Waals surface area contributed by atoms with Gasteiger partial charge in [-0.2, -0.15) is 0 Å². The molecule has 0 saturated carbocycles. The van der Waals surface area contributed by atoms with Gasteiger partial charge in [-0.15, -0.1) is 11.8 Å². The van der Waals surface area contributed by atoms with Gasteiger partial charge in [0.25, 0.3) is 0 Å². The van der Waals surface area contributed by atoms with Crippen LogP contribution < -0.4 is 0 Å². The minimum Gasteiger partial charge on any atom is -0.299 e. The molecule has 0 unspecified atom stereocenters. The first-order valence-electron chi connectivity index (χ1n) is 8.95. The second-order valence-corrected chi connectivity index (χ2v) is 9.87. The fourth-order valence-electron chi connectivity index (χ4n) is 3.43. The lowest BCUT2D eigenvalue weighted by molar-refractivity contribution is 0.225. The highest BCUT2D eigenvalue weighted by molar-refractivity contribution is 9.10. The number of aromatic nitrogens is 1. The van der Waals surface area contributed by atoms with Crippen molar-refractivity contribution < 1.29 is 0 Å². The van der Waals surface area contributed by atoms with E-state index in [1.54, 1.807) is 0 Å². The van der Waals surface area contributed by atoms with E-state index in [4.69, 9.17) is 23.2 Å². The summed E-state index contributed by atoms with van der Waals surface area (Å²) in [5, 5.41) is 4.50. The topological polar surface area (TPSA) is 16.1 Å². The van der Waals surface area contributed by atoms with Crippen molar-refractivity contribution in [3.8, 4) is 0 Å². The molecule has 6 heteroatoms. The number of hydrogen-bond acceptors (Lipinski definition) is 3. The molecule has 1 saturated heterocycles. The van der Waals surface area contributed by atoms with Gasteiger partial charge in [0.2, 0.25) is 0 Å². The molecule has 0 radical (unpaired) electrons. The lowest BCUT2D eigenvalue weighted by Crippen LogP contribution is -2.34. The zero-order chi connectivity index (χ0) is 18.8. The molecular weight excluding hydrogens is 463 g/mol. The zero-order valence-corrected chi connectivity index (χ0v) is 18.6. The SMILES string of the molecule is Clc1ccc(CN2CCC(Sc3cc4ccncc4cc3Br)CC2)c(Cl)c1. The Morgan fingerprint density at radius 1 is 1.07 bits per heavy atom. The van der Waals surface area contributed by atoms with Crippen LogP contribution in [0, 0.1) is 0 Å². The Bertz CT molecular complexity index is 958. The zero-order valence-electron chi connectivity index (χ0n) is 14.7. The quantitative estimate of drug-likeness (QED) is 0.396. The van der Waals surface area contributed by atoms with Gasteiger partial charge in [-0.1, -0.05) is 29.3 Å². The van der Waals surface area contributed by atoms with Crippen molar-refractivity contribution in [2.45, 2.75) is 29.5 Å². The molecule has 1 aliphatic rings. The Labute approximate surface area is 182 Å². The third-order valence-electron chi connectivity index (χ3n) is 4.93. The van der Waals surface area contributed by atoms with Crippen molar-refractivity contribution in [2.24, 2.45) is 0 Å². The van der Waals surface area contributed by atoms with Gasteiger partial charge >= 0.3 is 0 Å². The highest BCUT2D eigenvalue weighted by Gasteiger charge is 2.21. The average Bonchev–Trinajstić information content (AvgIpc) is 2.66. The Hall–Kier alpha value is -0.780. The van der Waals surface area contributed by atoms with Crippen LogP contribution in [0.15, 0.2) is 58.2 Å². The number of rotatable bonds is 4. The van der Waals surface area contributed by atoms with Crippen molar-refractivity contribution >= 4 is 61.7 Å². The Morgan fingerprint density at radius 3 is 2.67 bits per heavy atom. The lowest BCUT2D eigenvalue weighted by Gasteiger charge is -2.32. The molecule has 4 rings (SSSR count). The molecule has 0 aliphatic carbocycles. The molecule has 27 heavy (non-hydrogen) atoms. The normalized spacial score (nSPS) is 16.1. The minimum atomic E-state index is 0.637. The fourth-order valence-corrected chi connectivity index (χ4v) is 5.72. The molecule has 1 aromatic heterocycles. The van der Waals surface area contributed by atoms with Crippen LogP contribution >= 0.6 is 50.9 Å². The first-order chi connectivity index (χ1) is 13.1. The number of fused-ring (bicyclic) bond motifs is 1. The Morgan fingerprint density at radius 2 is 1.89 bits per heavy atom. The van der Waals surface area contributed by atoms with E-state index >= 15 is 0 Å². The highest BCUT2D eigenvalue weighted by Crippen LogP contribution is 2.37. The van der Waals surface area contributed by atoms with Crippen LogP contribution in [-0.2, 0) is 6.54 Å². The molecule has 0 spiro atoms. The van der Waals surface area contributed by atoms with E-state index in [0.717, 1.165) is 34.7 Å². The van der Waals surface area contributed by atoms with Crippen LogP contribution in [0.2, 0.25) is 10.0 Å². The molecule has 2 nitrogen and oxygen atoms in total. The Kier molecular flexibility index (Phi) is 6.30. The molecule has 2 aromatic carbocycles. The maximum atomic E-state index is 6.32. The highest BCUT2D eigenvalue weighted by atomic mass is 79.9. The number of likely N-dealkylation sites (tertiary alicyclic amines) is 1. The number of pyridine rings is 1. The molecule has 0 N–H and O–H groups in total. The van der Waals surface area contributed by atoms with Crippen molar-refractivity contribution in [2.75, 3.05) is 13.1 Å². The third-order valence-corrected chi connectivity index (χ3v) is 7.83. The molecule has 1 aliphatic heterocycles. The number of benzene rings is 2. The van der Waals surface area contributed by atoms with Gasteiger partial charge in [0, 0.05) is 49.0 Å². The standard InChI is InChI=1S/C21H19BrCl2N2S/c22-19-9-16-12-25-6-3-14(16)10-21(19)27-18-4-7-26(8-5-18)13-15-1-2-17(23)11-20(15)24/h1-3,6,9-12,18H,4-5,7-8,13H2. The van der Waals surface area contributed by atoms with Crippen molar-refractivity contribution in [3.63, 3.8) is 0 Å². The molecular formula is C21H19BrCl2N2S. The van der Waals surface area contributed by atoms with E-state index in [9.17, 15) is 0 Å². The van der Waals surface area contributed by atoms with Gasteiger partial charge in [0.1, 0.15) is 0 Å². The first-order valence-corrected chi connectivity index (χ1v) is 11.4. The van der Waals surface area contributed by atoms with E-state index in [0.29, 0.717) is 10.3 Å². The van der Waals surface area contributed by atoms with Crippen molar-refractivity contribution in [1.29, 1.82) is 0 Å². The summed E-state index contributed by atoms with van der Waals surface area (Å²) in [6, 6.07) is 12.3. The molecule has 2 heterocycles. The summed E-state index contributed by atoms with van der Waals surface area (Å²) >= 11 is 18.0. The lowest BCUT2D eigenvalue weighted by atomic mass is 10.1. The van der Waals surface area contributed by atoms with Crippen LogP contribution in [0.25, 0.3) is 10.8 Å². The number of piperidine rings is 1. The first kappa shape index (κ1) is 19.5. The summed E-state index contributed by atoms with van der Waals surface area (Å²) in [5.41, 5.74) is 1.15. The average molecular weight is 482 g/mol. The van der Waals surface area contributed by atoms with Crippen LogP contribution in [-0.4, -0.2) is 28.2 Å². The molecule has 140 valence electrons. The molecule has 3 aromatic rings. The van der Waals surface area contributed by atoms with Crippen molar-refractivity contribution in [1.82, 2.24) is 9.88 Å². The molecule has 0 amide bonds. The van der Waals surface area contributed by atoms with E-state index in [1.807, 2.05) is 42.4 Å². The second kappa shape index (κ2) is 8.71. The van der Waals surface area contributed by atoms with Gasteiger partial charge in [0.05, 0.1) is 0 Å². The number of nitrogens with zero attached hydrogens (tertiary/aromatic N) is 2. The molecule has 0 bridgehead atoms. The maximum absolute atomic E-state index is 6.32. The van der Waals surface area contributed by atoms with E-state index < -0.39 is 0 Å². The van der Waals surface area contributed by atoms with Gasteiger partial charge in [-0.25, -0.2) is 0 Å². The van der Waals surface area contributed by atoms with Crippen LogP contribution in [0.5, 0.6) is 0 Å². The molecule has 0 atom stereocenters. The van der Waals surface area contributed by atoms with E-state index in [1.165, 1.54) is 28.5 Å². The third kappa shape index (κ3) is 4.80. The van der Waals surface area contributed by atoms with Gasteiger partial charge in [-0.05, 0) is 83.1 Å². The van der Waals surface area contributed by atoms with Gasteiger partial charge in [-0.3, -0.25) is 9.88 Å². The summed E-state index contributed by atoms with van der Waals surface area (Å²) in [7, 11) is 0. The summed E-state index contributed by atoms with van der Waals surface area (Å²) in [6.45, 7) is 3.07. The second-order valence-electron chi connectivity index (χ2n) is 6.83. The summed E-state index contributed by atoms with van der Waals surface area (Å²) in [6.07, 6.45) is 6.12. The van der Waals surface area contributed by atoms with Crippen molar-refractivity contribution in [3.05, 3.63) is 68.9 Å².